The molecule has 4 aromatic rings. The van der Waals surface area contributed by atoms with Crippen molar-refractivity contribution in [2.75, 3.05) is 7.11 Å². The van der Waals surface area contributed by atoms with Crippen LogP contribution in [0.5, 0.6) is 5.75 Å². The van der Waals surface area contributed by atoms with Gasteiger partial charge in [-0.2, -0.15) is 5.26 Å². The molecule has 3 aromatic carbocycles. The third kappa shape index (κ3) is 6.31. The monoisotopic (exact) mass is 583 g/mol. The highest BCUT2D eigenvalue weighted by atomic mass is 35.5. The first-order chi connectivity index (χ1) is 20.0. The Morgan fingerprint density at radius 2 is 1.67 bits per heavy atom. The molecular weight excluding hydrogens is 558 g/mol. The van der Waals surface area contributed by atoms with Gasteiger partial charge in [0.05, 0.1) is 42.3 Å². The molecule has 0 aliphatic heterocycles. The van der Waals surface area contributed by atoms with Gasteiger partial charge in [0.25, 0.3) is 5.56 Å². The molecule has 10 heteroatoms. The largest absolute Gasteiger partial charge is 0.495 e. The number of nitrogens with zero attached hydrogens (tertiary/aromatic N) is 2. The molecule has 4 rings (SSSR count). The Labute approximate surface area is 246 Å². The van der Waals surface area contributed by atoms with Gasteiger partial charge in [-0.1, -0.05) is 35.9 Å². The highest BCUT2D eigenvalue weighted by molar-refractivity contribution is 6.31. The van der Waals surface area contributed by atoms with Gasteiger partial charge < -0.3 is 24.9 Å². The number of aromatic nitrogens is 1. The number of carbonyl (C=O) groups is 2. The van der Waals surface area contributed by atoms with Crippen molar-refractivity contribution >= 4 is 29.1 Å². The first-order valence-electron chi connectivity index (χ1n) is 12.7. The van der Waals surface area contributed by atoms with Gasteiger partial charge in [0, 0.05) is 22.2 Å². The molecule has 42 heavy (non-hydrogen) atoms. The number of methoxy groups -OCH3 is 1. The van der Waals surface area contributed by atoms with E-state index in [2.05, 4.69) is 0 Å². The molecule has 0 spiro atoms. The lowest BCUT2D eigenvalue weighted by molar-refractivity contribution is 0.0696. The molecule has 0 radical (unpaired) electrons. The van der Waals surface area contributed by atoms with Crippen LogP contribution in [0.25, 0.3) is 11.1 Å². The van der Waals surface area contributed by atoms with Crippen molar-refractivity contribution in [3.63, 3.8) is 0 Å². The predicted molar refractivity (Wildman–Crippen MR) is 158 cm³/mol. The third-order valence-electron chi connectivity index (χ3n) is 6.90. The number of Topliss-reactive ketones (excluding diaryl/α,β-unsaturated/α-hetero) is 1. The maximum atomic E-state index is 13.7. The van der Waals surface area contributed by atoms with Crippen molar-refractivity contribution in [3.05, 3.63) is 122 Å². The zero-order valence-corrected chi connectivity index (χ0v) is 23.4. The molecule has 2 atom stereocenters. The summed E-state index contributed by atoms with van der Waals surface area (Å²) >= 11 is 6.22. The number of nitrogens with one attached hydrogen (secondary N) is 1. The summed E-state index contributed by atoms with van der Waals surface area (Å²) in [5.41, 5.74) is 1.75. The average Bonchev–Trinajstić information content (AvgIpc) is 2.99. The first kappa shape index (κ1) is 29.9. The lowest BCUT2D eigenvalue weighted by atomic mass is 9.93. The van der Waals surface area contributed by atoms with Crippen molar-refractivity contribution < 1.29 is 24.5 Å². The summed E-state index contributed by atoms with van der Waals surface area (Å²) < 4.78 is 6.89. The average molecular weight is 584 g/mol. The number of pyridine rings is 1. The predicted octanol–water partition coefficient (Wildman–Crippen LogP) is 5.16. The number of nitriles is 1. The first-order valence-corrected chi connectivity index (χ1v) is 13.1. The maximum Gasteiger partial charge on any atom is 0.335 e. The van der Waals surface area contributed by atoms with Crippen molar-refractivity contribution in [3.8, 4) is 22.9 Å². The van der Waals surface area contributed by atoms with Crippen LogP contribution in [0.2, 0.25) is 5.02 Å². The summed E-state index contributed by atoms with van der Waals surface area (Å²) in [7, 11) is 1.41. The Balaban J connectivity index is 1.84. The van der Waals surface area contributed by atoms with Crippen LogP contribution in [0.4, 0.5) is 0 Å². The number of benzene rings is 3. The van der Waals surface area contributed by atoms with Gasteiger partial charge in [0.1, 0.15) is 11.9 Å². The highest BCUT2D eigenvalue weighted by Gasteiger charge is 2.29. The molecule has 9 nitrogen and oxygen atoms in total. The lowest BCUT2D eigenvalue weighted by Crippen LogP contribution is -2.38. The number of ether oxygens (including phenoxy) is 1. The van der Waals surface area contributed by atoms with Crippen LogP contribution in [-0.4, -0.2) is 45.5 Å². The van der Waals surface area contributed by atoms with Crippen LogP contribution in [0.3, 0.4) is 0 Å². The molecule has 0 amide bonds. The second kappa shape index (κ2) is 12.6. The molecule has 212 valence electrons. The van der Waals surface area contributed by atoms with E-state index in [1.807, 2.05) is 6.07 Å². The van der Waals surface area contributed by atoms with Gasteiger partial charge in [-0.05, 0) is 72.5 Å². The number of carboxylic acids is 1. The minimum Gasteiger partial charge on any atom is -0.495 e. The number of ketones is 1. The molecule has 0 saturated carbocycles. The SMILES string of the molecule is COc1cn(C(Cc2ccc(C#N)cc2)C(O)C(=N)c2ccc(C(=O)O)cc2)c(=O)cc1-c1cc(Cl)ccc1C(C)=O. The number of carbonyl (C=O) groups excluding carboxylic acids is 1. The van der Waals surface area contributed by atoms with Crippen LogP contribution in [-0.2, 0) is 6.42 Å². The smallest absolute Gasteiger partial charge is 0.335 e. The van der Waals surface area contributed by atoms with E-state index in [1.165, 1.54) is 55.1 Å². The fourth-order valence-electron chi connectivity index (χ4n) is 4.68. The van der Waals surface area contributed by atoms with Crippen molar-refractivity contribution in [1.29, 1.82) is 10.7 Å². The highest BCUT2D eigenvalue weighted by Crippen LogP contribution is 2.34. The molecule has 0 aliphatic rings. The second-order valence-corrected chi connectivity index (χ2v) is 10.0. The summed E-state index contributed by atoms with van der Waals surface area (Å²) in [6, 6.07) is 19.2. The summed E-state index contributed by atoms with van der Waals surface area (Å²) in [6.45, 7) is 1.40. The van der Waals surface area contributed by atoms with Crippen molar-refractivity contribution in [1.82, 2.24) is 4.57 Å². The van der Waals surface area contributed by atoms with Gasteiger partial charge in [-0.15, -0.1) is 0 Å². The summed E-state index contributed by atoms with van der Waals surface area (Å²) in [4.78, 5) is 37.3. The third-order valence-corrected chi connectivity index (χ3v) is 7.14. The Kier molecular flexibility index (Phi) is 9.01. The van der Waals surface area contributed by atoms with E-state index in [0.717, 1.165) is 0 Å². The minimum atomic E-state index is -1.51. The Morgan fingerprint density at radius 1 is 1.02 bits per heavy atom. The zero-order valence-electron chi connectivity index (χ0n) is 22.7. The summed E-state index contributed by atoms with van der Waals surface area (Å²) in [5.74, 6) is -1.13. The number of hydrogen-bond donors (Lipinski definition) is 3. The number of aliphatic hydroxyl groups excluding tert-OH is 1. The van der Waals surface area contributed by atoms with Gasteiger partial charge in [0.15, 0.2) is 5.78 Å². The van der Waals surface area contributed by atoms with E-state index in [0.29, 0.717) is 32.8 Å². The standard InChI is InChI=1S/C32H26ClN3O6/c1-18(37)24-12-11-23(33)14-25(24)26-15-29(38)36(17-28(26)42-2)27(13-19-3-5-20(16-34)6-4-19)31(39)30(35)21-7-9-22(10-8-21)32(40)41/h3-12,14-15,17,27,31,35,39H,13H2,1-2H3,(H,40,41). The summed E-state index contributed by atoms with van der Waals surface area (Å²) in [5, 5.41) is 39.0. The van der Waals surface area contributed by atoms with Crippen molar-refractivity contribution in [2.24, 2.45) is 0 Å². The molecule has 1 heterocycles. The van der Waals surface area contributed by atoms with E-state index >= 15 is 0 Å². The van der Waals surface area contributed by atoms with Crippen LogP contribution in [0.1, 0.15) is 50.4 Å². The van der Waals surface area contributed by atoms with E-state index in [9.17, 15) is 29.9 Å². The zero-order chi connectivity index (χ0) is 30.6. The number of rotatable bonds is 10. The summed E-state index contributed by atoms with van der Waals surface area (Å²) in [6.07, 6.45) is 0.00482. The number of hydrogen-bond acceptors (Lipinski definition) is 7. The second-order valence-electron chi connectivity index (χ2n) is 9.57. The Bertz CT molecular complexity index is 1770. The number of aliphatic hydroxyl groups is 1. The van der Waals surface area contributed by atoms with E-state index in [4.69, 9.17) is 21.7 Å². The van der Waals surface area contributed by atoms with E-state index < -0.39 is 23.7 Å². The van der Waals surface area contributed by atoms with Crippen LogP contribution >= 0.6 is 11.6 Å². The quantitative estimate of drug-likeness (QED) is 0.172. The Hall–Kier alpha value is -5.04. The van der Waals surface area contributed by atoms with Gasteiger partial charge in [-0.3, -0.25) is 9.59 Å². The van der Waals surface area contributed by atoms with Crippen LogP contribution in [0.15, 0.2) is 83.8 Å². The minimum absolute atomic E-state index is 0.0256. The maximum absolute atomic E-state index is 13.7. The molecule has 0 bridgehead atoms. The molecular formula is C32H26ClN3O6. The van der Waals surface area contributed by atoms with Gasteiger partial charge >= 0.3 is 5.97 Å². The number of carboxylic acid groups (broad SMARTS) is 1. The van der Waals surface area contributed by atoms with E-state index in [-0.39, 0.29) is 34.8 Å². The number of aromatic carboxylic acids is 1. The van der Waals surface area contributed by atoms with Crippen molar-refractivity contribution in [2.45, 2.75) is 25.5 Å². The van der Waals surface area contributed by atoms with Crippen LogP contribution < -0.4 is 10.3 Å². The Morgan fingerprint density at radius 3 is 2.24 bits per heavy atom. The molecule has 0 aliphatic carbocycles. The normalized spacial score (nSPS) is 12.2. The fraction of sp³-hybridized carbons (Fsp3) is 0.156. The fourth-order valence-corrected chi connectivity index (χ4v) is 4.85. The van der Waals surface area contributed by atoms with Crippen LogP contribution in [0, 0.1) is 16.7 Å². The lowest BCUT2D eigenvalue weighted by Gasteiger charge is -2.27. The molecule has 0 fully saturated rings. The number of halogens is 1. The van der Waals surface area contributed by atoms with Gasteiger partial charge in [0.2, 0.25) is 0 Å². The molecule has 0 saturated heterocycles. The molecule has 3 N–H and O–H groups in total. The topological polar surface area (TPSA) is 153 Å². The molecule has 2 unspecified atom stereocenters. The van der Waals surface area contributed by atoms with Gasteiger partial charge in [-0.25, -0.2) is 4.79 Å². The molecule has 1 aromatic heterocycles. The van der Waals surface area contributed by atoms with E-state index in [1.54, 1.807) is 42.5 Å².